The van der Waals surface area contributed by atoms with E-state index in [4.69, 9.17) is 4.74 Å². The Balaban J connectivity index is 1.89. The van der Waals surface area contributed by atoms with E-state index in [1.807, 2.05) is 24.3 Å². The molecule has 1 N–H and O–H groups in total. The van der Waals surface area contributed by atoms with Gasteiger partial charge in [0.25, 0.3) is 5.91 Å². The Bertz CT molecular complexity index is 708. The number of amides is 1. The van der Waals surface area contributed by atoms with Crippen LogP contribution in [-0.4, -0.2) is 25.6 Å². The lowest BCUT2D eigenvalue weighted by molar-refractivity contribution is -0.118. The number of ether oxygens (including phenoxy) is 2. The molecular formula is C19H21NO4. The normalized spacial score (nSPS) is 10.3. The van der Waals surface area contributed by atoms with Crippen molar-refractivity contribution in [2.75, 3.05) is 19.0 Å². The number of esters is 1. The van der Waals surface area contributed by atoms with E-state index in [2.05, 4.69) is 23.9 Å². The second kappa shape index (κ2) is 8.15. The smallest absolute Gasteiger partial charge is 0.337 e. The molecule has 0 aromatic heterocycles. The molecule has 0 bridgehead atoms. The Hall–Kier alpha value is -2.82. The summed E-state index contributed by atoms with van der Waals surface area (Å²) in [7, 11) is 1.32. The molecule has 0 saturated carbocycles. The zero-order valence-corrected chi connectivity index (χ0v) is 14.0. The Kier molecular flexibility index (Phi) is 5.95. The predicted molar refractivity (Wildman–Crippen MR) is 92.4 cm³/mol. The van der Waals surface area contributed by atoms with Gasteiger partial charge in [-0.3, -0.25) is 4.79 Å². The Morgan fingerprint density at radius 1 is 1.08 bits per heavy atom. The van der Waals surface area contributed by atoms with Crippen molar-refractivity contribution in [3.05, 3.63) is 59.7 Å². The molecule has 0 aliphatic heterocycles. The first-order valence-electron chi connectivity index (χ1n) is 7.70. The van der Waals surface area contributed by atoms with Gasteiger partial charge in [-0.05, 0) is 47.9 Å². The molecule has 5 nitrogen and oxygen atoms in total. The molecule has 126 valence electrons. The number of methoxy groups -OCH3 is 1. The maximum absolute atomic E-state index is 12.0. The lowest BCUT2D eigenvalue weighted by atomic mass is 10.0. The van der Waals surface area contributed by atoms with Gasteiger partial charge in [-0.2, -0.15) is 0 Å². The molecule has 2 rings (SSSR count). The van der Waals surface area contributed by atoms with Crippen LogP contribution in [0.15, 0.2) is 48.5 Å². The van der Waals surface area contributed by atoms with Gasteiger partial charge in [0.1, 0.15) is 5.75 Å². The second-order valence-corrected chi connectivity index (χ2v) is 5.63. The molecular weight excluding hydrogens is 306 g/mol. The molecule has 0 unspecified atom stereocenters. The summed E-state index contributed by atoms with van der Waals surface area (Å²) in [5, 5.41) is 2.72. The number of carbonyl (C=O) groups excluding carboxylic acids is 2. The van der Waals surface area contributed by atoms with Crippen molar-refractivity contribution < 1.29 is 19.1 Å². The van der Waals surface area contributed by atoms with Crippen molar-refractivity contribution in [2.24, 2.45) is 0 Å². The third-order valence-corrected chi connectivity index (χ3v) is 3.48. The van der Waals surface area contributed by atoms with E-state index >= 15 is 0 Å². The fourth-order valence-electron chi connectivity index (χ4n) is 2.12. The van der Waals surface area contributed by atoms with Crippen LogP contribution in [-0.2, 0) is 9.53 Å². The maximum atomic E-state index is 12.0. The quantitative estimate of drug-likeness (QED) is 0.823. The lowest BCUT2D eigenvalue weighted by Gasteiger charge is -2.10. The summed E-state index contributed by atoms with van der Waals surface area (Å²) in [5.41, 5.74) is 2.18. The zero-order valence-electron chi connectivity index (χ0n) is 14.0. The molecule has 2 aromatic carbocycles. The van der Waals surface area contributed by atoms with Crippen LogP contribution in [0.3, 0.4) is 0 Å². The number of anilines is 1. The summed E-state index contributed by atoms with van der Waals surface area (Å²) in [5.74, 6) is 0.380. The number of rotatable bonds is 6. The summed E-state index contributed by atoms with van der Waals surface area (Å²) in [6.45, 7) is 4.12. The van der Waals surface area contributed by atoms with Crippen LogP contribution >= 0.6 is 0 Å². The highest BCUT2D eigenvalue weighted by molar-refractivity contribution is 5.93. The highest BCUT2D eigenvalue weighted by Gasteiger charge is 2.08. The lowest BCUT2D eigenvalue weighted by Crippen LogP contribution is -2.20. The van der Waals surface area contributed by atoms with E-state index < -0.39 is 5.97 Å². The minimum absolute atomic E-state index is 0.0830. The highest BCUT2D eigenvalue weighted by Crippen LogP contribution is 2.20. The molecule has 24 heavy (non-hydrogen) atoms. The van der Waals surface area contributed by atoms with Crippen molar-refractivity contribution in [1.82, 2.24) is 0 Å². The van der Waals surface area contributed by atoms with Crippen molar-refractivity contribution >= 4 is 17.6 Å². The van der Waals surface area contributed by atoms with Gasteiger partial charge in [0.05, 0.1) is 12.7 Å². The molecule has 0 atom stereocenters. The Morgan fingerprint density at radius 3 is 2.42 bits per heavy atom. The highest BCUT2D eigenvalue weighted by atomic mass is 16.5. The molecule has 0 fully saturated rings. The first-order chi connectivity index (χ1) is 11.5. The summed E-state index contributed by atoms with van der Waals surface area (Å²) < 4.78 is 10.1. The molecule has 0 spiro atoms. The van der Waals surface area contributed by atoms with Crippen molar-refractivity contribution in [2.45, 2.75) is 19.8 Å². The first-order valence-corrected chi connectivity index (χ1v) is 7.70. The minimum atomic E-state index is -0.416. The van der Waals surface area contributed by atoms with E-state index in [1.165, 1.54) is 7.11 Å². The average Bonchev–Trinajstić information content (AvgIpc) is 2.60. The van der Waals surface area contributed by atoms with Crippen LogP contribution in [0.1, 0.15) is 35.7 Å². The fraction of sp³-hybridized carbons (Fsp3) is 0.263. The Labute approximate surface area is 141 Å². The number of hydrogen-bond acceptors (Lipinski definition) is 4. The van der Waals surface area contributed by atoms with Crippen LogP contribution in [0.25, 0.3) is 0 Å². The molecule has 5 heteroatoms. The number of nitrogens with one attached hydrogen (secondary N) is 1. The first kappa shape index (κ1) is 17.5. The van der Waals surface area contributed by atoms with E-state index in [-0.39, 0.29) is 12.5 Å². The molecule has 0 aliphatic carbocycles. The van der Waals surface area contributed by atoms with Crippen LogP contribution in [0.5, 0.6) is 5.75 Å². The van der Waals surface area contributed by atoms with Gasteiger partial charge in [0.2, 0.25) is 0 Å². The van der Waals surface area contributed by atoms with Crippen LogP contribution in [0.2, 0.25) is 0 Å². The minimum Gasteiger partial charge on any atom is -0.484 e. The third-order valence-electron chi connectivity index (χ3n) is 3.48. The SMILES string of the molecule is COC(=O)c1ccc(NC(=O)COc2cccc(C(C)C)c2)cc1. The van der Waals surface area contributed by atoms with Gasteiger partial charge in [0, 0.05) is 5.69 Å². The van der Waals surface area contributed by atoms with Crippen LogP contribution in [0.4, 0.5) is 5.69 Å². The van der Waals surface area contributed by atoms with Gasteiger partial charge >= 0.3 is 5.97 Å². The van der Waals surface area contributed by atoms with E-state index in [9.17, 15) is 9.59 Å². The standard InChI is InChI=1S/C19H21NO4/c1-13(2)15-5-4-6-17(11-15)24-12-18(21)20-16-9-7-14(8-10-16)19(22)23-3/h4-11,13H,12H2,1-3H3,(H,20,21). The average molecular weight is 327 g/mol. The van der Waals surface area contributed by atoms with Gasteiger partial charge in [-0.15, -0.1) is 0 Å². The summed E-state index contributed by atoms with van der Waals surface area (Å²) in [6.07, 6.45) is 0. The van der Waals surface area contributed by atoms with Crippen molar-refractivity contribution in [3.8, 4) is 5.75 Å². The topological polar surface area (TPSA) is 64.6 Å². The third kappa shape index (κ3) is 4.84. The summed E-state index contributed by atoms with van der Waals surface area (Å²) in [4.78, 5) is 23.3. The molecule has 1 amide bonds. The molecule has 2 aromatic rings. The number of benzene rings is 2. The monoisotopic (exact) mass is 327 g/mol. The van der Waals surface area contributed by atoms with Gasteiger partial charge in [0.15, 0.2) is 6.61 Å². The molecule has 0 aliphatic rings. The van der Waals surface area contributed by atoms with Crippen LogP contribution < -0.4 is 10.1 Å². The predicted octanol–water partition coefficient (Wildman–Crippen LogP) is 3.61. The largest absolute Gasteiger partial charge is 0.484 e. The van der Waals surface area contributed by atoms with Gasteiger partial charge in [-0.25, -0.2) is 4.79 Å². The number of carbonyl (C=O) groups is 2. The summed E-state index contributed by atoms with van der Waals surface area (Å²) in [6, 6.07) is 14.2. The molecule has 0 radical (unpaired) electrons. The maximum Gasteiger partial charge on any atom is 0.337 e. The van der Waals surface area contributed by atoms with Crippen molar-refractivity contribution in [3.63, 3.8) is 0 Å². The van der Waals surface area contributed by atoms with E-state index in [1.54, 1.807) is 24.3 Å². The fourth-order valence-corrected chi connectivity index (χ4v) is 2.12. The van der Waals surface area contributed by atoms with Crippen LogP contribution in [0, 0.1) is 0 Å². The van der Waals surface area contributed by atoms with Gasteiger partial charge in [-0.1, -0.05) is 26.0 Å². The van der Waals surface area contributed by atoms with E-state index in [0.29, 0.717) is 22.9 Å². The zero-order chi connectivity index (χ0) is 17.5. The summed E-state index contributed by atoms with van der Waals surface area (Å²) >= 11 is 0. The molecule has 0 saturated heterocycles. The molecule has 0 heterocycles. The Morgan fingerprint density at radius 2 is 1.79 bits per heavy atom. The van der Waals surface area contributed by atoms with Gasteiger partial charge < -0.3 is 14.8 Å². The van der Waals surface area contributed by atoms with E-state index in [0.717, 1.165) is 5.56 Å². The van der Waals surface area contributed by atoms with Crippen molar-refractivity contribution in [1.29, 1.82) is 0 Å². The number of hydrogen-bond donors (Lipinski definition) is 1. The second-order valence-electron chi connectivity index (χ2n) is 5.63.